The van der Waals surface area contributed by atoms with Crippen molar-refractivity contribution in [3.63, 3.8) is 0 Å². The van der Waals surface area contributed by atoms with E-state index in [-0.39, 0.29) is 23.0 Å². The summed E-state index contributed by atoms with van der Waals surface area (Å²) < 4.78 is 34.9. The summed E-state index contributed by atoms with van der Waals surface area (Å²) >= 11 is 12.1. The van der Waals surface area contributed by atoms with Gasteiger partial charge in [0.2, 0.25) is 10.0 Å². The molecule has 25 heavy (non-hydrogen) atoms. The van der Waals surface area contributed by atoms with Gasteiger partial charge in [0.1, 0.15) is 10.7 Å². The molecular formula is C17H16Cl2N2O3S. The third kappa shape index (κ3) is 3.93. The number of rotatable bonds is 6. The van der Waals surface area contributed by atoms with Crippen LogP contribution in [0, 0.1) is 0 Å². The molecule has 0 saturated heterocycles. The second-order valence-electron chi connectivity index (χ2n) is 5.54. The molecule has 0 amide bonds. The normalized spacial score (nSPS) is 12.0. The van der Waals surface area contributed by atoms with Crippen LogP contribution in [-0.4, -0.2) is 17.3 Å². The molecule has 3 rings (SSSR count). The third-order valence-corrected chi connectivity index (χ3v) is 6.32. The van der Waals surface area contributed by atoms with Gasteiger partial charge in [-0.25, -0.2) is 8.42 Å². The number of hydrogen-bond donors (Lipinski definition) is 0. The Morgan fingerprint density at radius 3 is 2.56 bits per heavy atom. The number of sulfonamides is 1. The van der Waals surface area contributed by atoms with Gasteiger partial charge in [-0.1, -0.05) is 23.2 Å². The average molecular weight is 399 g/mol. The molecule has 0 aliphatic rings. The van der Waals surface area contributed by atoms with Crippen molar-refractivity contribution in [2.75, 3.05) is 0 Å². The van der Waals surface area contributed by atoms with Crippen LogP contribution in [0.1, 0.15) is 11.5 Å². The standard InChI is InChI=1S/C17H16Cl2N2O3S/c1-20-8-2-4-14(20)11-21(12-15-5-3-9-24-15)25(22,23)17-10-13(18)6-7-16(17)19/h2-10H,11-12H2,1H3. The molecule has 0 radical (unpaired) electrons. The number of hydrogen-bond acceptors (Lipinski definition) is 3. The number of halogens is 2. The van der Waals surface area contributed by atoms with Crippen LogP contribution in [0.4, 0.5) is 0 Å². The summed E-state index contributed by atoms with van der Waals surface area (Å²) in [6.07, 6.45) is 3.37. The summed E-state index contributed by atoms with van der Waals surface area (Å²) in [6.45, 7) is 0.263. The van der Waals surface area contributed by atoms with E-state index in [1.807, 2.05) is 29.9 Å². The van der Waals surface area contributed by atoms with Crippen LogP contribution in [-0.2, 0) is 30.2 Å². The van der Waals surface area contributed by atoms with Gasteiger partial charge in [0, 0.05) is 24.0 Å². The van der Waals surface area contributed by atoms with E-state index < -0.39 is 10.0 Å². The Hall–Kier alpha value is -1.73. The lowest BCUT2D eigenvalue weighted by molar-refractivity contribution is 0.353. The first-order valence-electron chi connectivity index (χ1n) is 7.46. The summed E-state index contributed by atoms with van der Waals surface area (Å²) in [5, 5.41) is 0.431. The summed E-state index contributed by atoms with van der Waals surface area (Å²) in [7, 11) is -2.02. The van der Waals surface area contributed by atoms with Crippen LogP contribution in [0.2, 0.25) is 10.0 Å². The molecule has 0 aliphatic carbocycles. The molecule has 2 aromatic heterocycles. The summed E-state index contributed by atoms with van der Waals surface area (Å²) in [6, 6.07) is 11.6. The number of aromatic nitrogens is 1. The van der Waals surface area contributed by atoms with Crippen LogP contribution in [0.3, 0.4) is 0 Å². The van der Waals surface area contributed by atoms with Crippen molar-refractivity contribution >= 4 is 33.2 Å². The van der Waals surface area contributed by atoms with Crippen molar-refractivity contribution in [1.29, 1.82) is 0 Å². The highest BCUT2D eigenvalue weighted by Gasteiger charge is 2.28. The SMILES string of the molecule is Cn1cccc1CN(Cc1ccco1)S(=O)(=O)c1cc(Cl)ccc1Cl. The van der Waals surface area contributed by atoms with Crippen molar-refractivity contribution < 1.29 is 12.8 Å². The average Bonchev–Trinajstić information content (AvgIpc) is 3.21. The maximum atomic E-state index is 13.2. The molecule has 0 atom stereocenters. The quantitative estimate of drug-likeness (QED) is 0.621. The number of furan rings is 1. The highest BCUT2D eigenvalue weighted by atomic mass is 35.5. The van der Waals surface area contributed by atoms with Crippen LogP contribution in [0.15, 0.2) is 64.2 Å². The number of nitrogens with zero attached hydrogens (tertiary/aromatic N) is 2. The second-order valence-corrected chi connectivity index (χ2v) is 8.29. The van der Waals surface area contributed by atoms with Gasteiger partial charge >= 0.3 is 0 Å². The van der Waals surface area contributed by atoms with Crippen LogP contribution in [0.5, 0.6) is 0 Å². The maximum Gasteiger partial charge on any atom is 0.245 e. The highest BCUT2D eigenvalue weighted by Crippen LogP contribution is 2.29. The predicted molar refractivity (Wildman–Crippen MR) is 97.0 cm³/mol. The molecule has 0 fully saturated rings. The Morgan fingerprint density at radius 2 is 1.92 bits per heavy atom. The summed E-state index contributed by atoms with van der Waals surface area (Å²) in [4.78, 5) is -0.0255. The molecule has 0 bridgehead atoms. The van der Waals surface area contributed by atoms with Crippen LogP contribution >= 0.6 is 23.2 Å². The molecule has 3 aromatic rings. The fraction of sp³-hybridized carbons (Fsp3) is 0.176. The topological polar surface area (TPSA) is 55.5 Å². The van der Waals surface area contributed by atoms with Gasteiger partial charge in [0.05, 0.1) is 24.4 Å². The molecule has 1 aromatic carbocycles. The molecule has 0 N–H and O–H groups in total. The van der Waals surface area contributed by atoms with Gasteiger partial charge in [0.15, 0.2) is 0 Å². The molecule has 132 valence electrons. The summed E-state index contributed by atoms with van der Waals surface area (Å²) in [5.74, 6) is 0.538. The Bertz CT molecular complexity index is 966. The molecule has 0 saturated carbocycles. The van der Waals surface area contributed by atoms with E-state index in [2.05, 4.69) is 0 Å². The Kier molecular flexibility index (Phi) is 5.24. The van der Waals surface area contributed by atoms with Gasteiger partial charge in [0.25, 0.3) is 0 Å². The number of aryl methyl sites for hydroxylation is 1. The molecule has 8 heteroatoms. The van der Waals surface area contributed by atoms with E-state index in [1.165, 1.54) is 22.7 Å². The van der Waals surface area contributed by atoms with E-state index in [1.54, 1.807) is 18.2 Å². The third-order valence-electron chi connectivity index (χ3n) is 3.81. The smallest absolute Gasteiger partial charge is 0.245 e. The largest absolute Gasteiger partial charge is 0.468 e. The molecule has 0 unspecified atom stereocenters. The fourth-order valence-electron chi connectivity index (χ4n) is 2.46. The van der Waals surface area contributed by atoms with Gasteiger partial charge < -0.3 is 8.98 Å². The van der Waals surface area contributed by atoms with E-state index in [4.69, 9.17) is 27.6 Å². The lowest BCUT2D eigenvalue weighted by atomic mass is 10.4. The molecule has 5 nitrogen and oxygen atoms in total. The number of benzene rings is 1. The Labute approximate surface area is 156 Å². The van der Waals surface area contributed by atoms with Crippen molar-refractivity contribution in [1.82, 2.24) is 8.87 Å². The zero-order valence-electron chi connectivity index (χ0n) is 13.4. The minimum Gasteiger partial charge on any atom is -0.468 e. The zero-order valence-corrected chi connectivity index (χ0v) is 15.7. The maximum absolute atomic E-state index is 13.2. The van der Waals surface area contributed by atoms with Crippen molar-refractivity contribution in [3.05, 3.63) is 76.4 Å². The van der Waals surface area contributed by atoms with Gasteiger partial charge in [-0.15, -0.1) is 0 Å². The van der Waals surface area contributed by atoms with Crippen LogP contribution < -0.4 is 0 Å². The molecule has 2 heterocycles. The van der Waals surface area contributed by atoms with Gasteiger partial charge in [-0.05, 0) is 42.5 Å². The van der Waals surface area contributed by atoms with Crippen molar-refractivity contribution in [3.8, 4) is 0 Å². The minimum atomic E-state index is -3.88. The van der Waals surface area contributed by atoms with E-state index in [9.17, 15) is 8.42 Å². The lowest BCUT2D eigenvalue weighted by Crippen LogP contribution is -2.31. The second kappa shape index (κ2) is 7.25. The monoisotopic (exact) mass is 398 g/mol. The van der Waals surface area contributed by atoms with Crippen molar-refractivity contribution in [2.24, 2.45) is 7.05 Å². The van der Waals surface area contributed by atoms with Gasteiger partial charge in [-0.2, -0.15) is 4.31 Å². The Morgan fingerprint density at radius 1 is 1.12 bits per heavy atom. The van der Waals surface area contributed by atoms with E-state index in [0.717, 1.165) is 5.69 Å². The molecule has 0 spiro atoms. The first kappa shape index (κ1) is 18.1. The molecule has 0 aliphatic heterocycles. The van der Waals surface area contributed by atoms with Gasteiger partial charge in [-0.3, -0.25) is 0 Å². The fourth-order valence-corrected chi connectivity index (χ4v) is 4.57. The molecular weight excluding hydrogens is 383 g/mol. The van der Waals surface area contributed by atoms with E-state index >= 15 is 0 Å². The van der Waals surface area contributed by atoms with Crippen molar-refractivity contribution in [2.45, 2.75) is 18.0 Å². The zero-order chi connectivity index (χ0) is 18.0. The lowest BCUT2D eigenvalue weighted by Gasteiger charge is -2.22. The first-order chi connectivity index (χ1) is 11.9. The van der Waals surface area contributed by atoms with E-state index in [0.29, 0.717) is 10.8 Å². The predicted octanol–water partition coefficient (Wildman–Crippen LogP) is 4.32. The van der Waals surface area contributed by atoms with Crippen LogP contribution in [0.25, 0.3) is 0 Å². The minimum absolute atomic E-state index is 0.0255. The highest BCUT2D eigenvalue weighted by molar-refractivity contribution is 7.89. The summed E-state index contributed by atoms with van der Waals surface area (Å²) in [5.41, 5.74) is 0.841. The Balaban J connectivity index is 2.02. The first-order valence-corrected chi connectivity index (χ1v) is 9.65.